The van der Waals surface area contributed by atoms with Crippen LogP contribution in [-0.4, -0.2) is 98.4 Å². The molecule has 0 aromatic heterocycles. The molecule has 8 aromatic rings. The predicted molar refractivity (Wildman–Crippen MR) is 309 cm³/mol. The molecule has 8 aromatic carbocycles. The second-order valence-corrected chi connectivity index (χ2v) is 20.5. The second-order valence-electron chi connectivity index (χ2n) is 20.5. The Labute approximate surface area is 484 Å². The standard InChI is InChI=1S/C69H67NO13/c1-73-54-36-38-55(39-37-54)80-68-60(70-66(71)56-34-20-21-35-57(56)67(70)72)63(77-43-51-28-14-5-15-29-51)62(59(81-68)47-75-41-49-24-10-3-11-25-49)83-69-65(79-45-53-32-18-7-19-33-53)64(78-44-52-30-16-6-17-31-52)61(76-42-50-26-12-4-13-27-50)58(82-69)46-74-40-48-22-8-2-9-23-48/h2-39,58-65,68-69H,40-47H2,1H3/t58-,59-,60-,61+,62-,63-,64+,65-,68-,69+/m1/s1. The number of imide groups is 1. The number of rotatable bonds is 26. The molecule has 2 saturated heterocycles. The summed E-state index contributed by atoms with van der Waals surface area (Å²) in [6, 6.07) is 71.5. The van der Waals surface area contributed by atoms with Crippen LogP contribution in [0.4, 0.5) is 0 Å². The molecule has 83 heavy (non-hydrogen) atoms. The molecule has 14 nitrogen and oxygen atoms in total. The van der Waals surface area contributed by atoms with Crippen LogP contribution in [0.15, 0.2) is 231 Å². The van der Waals surface area contributed by atoms with Crippen LogP contribution in [0.1, 0.15) is 54.1 Å². The van der Waals surface area contributed by atoms with Gasteiger partial charge in [0.1, 0.15) is 60.3 Å². The van der Waals surface area contributed by atoms with E-state index in [-0.39, 0.29) is 64.0 Å². The van der Waals surface area contributed by atoms with Crippen molar-refractivity contribution in [1.82, 2.24) is 4.90 Å². The first-order chi connectivity index (χ1) is 41.0. The molecule has 2 fully saturated rings. The lowest BCUT2D eigenvalue weighted by Gasteiger charge is -2.51. The van der Waals surface area contributed by atoms with Crippen LogP contribution in [-0.2, 0) is 82.3 Å². The lowest BCUT2D eigenvalue weighted by Crippen LogP contribution is -2.69. The van der Waals surface area contributed by atoms with E-state index in [9.17, 15) is 0 Å². The normalized spacial score (nSPS) is 23.2. The summed E-state index contributed by atoms with van der Waals surface area (Å²) in [6.45, 7) is 1.06. The van der Waals surface area contributed by atoms with Gasteiger partial charge in [0.05, 0.1) is 71.1 Å². The topological polar surface area (TPSA) is 139 Å². The van der Waals surface area contributed by atoms with Crippen molar-refractivity contribution in [2.75, 3.05) is 20.3 Å². The fourth-order valence-electron chi connectivity index (χ4n) is 10.7. The van der Waals surface area contributed by atoms with E-state index in [1.54, 1.807) is 55.6 Å². The fraction of sp³-hybridized carbons (Fsp3) is 0.275. The lowest BCUT2D eigenvalue weighted by molar-refractivity contribution is -0.364. The molecule has 3 aliphatic heterocycles. The Hall–Kier alpha value is -7.86. The number of ether oxygens (including phenoxy) is 11. The highest BCUT2D eigenvalue weighted by molar-refractivity contribution is 6.21. The van der Waals surface area contributed by atoms with Gasteiger partial charge in [-0.05, 0) is 69.8 Å². The van der Waals surface area contributed by atoms with Crippen molar-refractivity contribution in [3.63, 3.8) is 0 Å². The maximum absolute atomic E-state index is 15.0. The van der Waals surface area contributed by atoms with Crippen LogP contribution in [0.25, 0.3) is 0 Å². The minimum atomic E-state index is -1.34. The Bertz CT molecular complexity index is 3220. The maximum atomic E-state index is 15.0. The van der Waals surface area contributed by atoms with E-state index in [2.05, 4.69) is 0 Å². The summed E-state index contributed by atoms with van der Waals surface area (Å²) in [5.41, 5.74) is 5.95. The zero-order chi connectivity index (χ0) is 56.6. The van der Waals surface area contributed by atoms with Gasteiger partial charge in [-0.2, -0.15) is 0 Å². The van der Waals surface area contributed by atoms with Gasteiger partial charge in [0.15, 0.2) is 6.29 Å². The van der Waals surface area contributed by atoms with E-state index >= 15 is 9.59 Å². The minimum Gasteiger partial charge on any atom is -0.497 e. The van der Waals surface area contributed by atoms with E-state index in [0.29, 0.717) is 11.5 Å². The third kappa shape index (κ3) is 14.5. The zero-order valence-electron chi connectivity index (χ0n) is 46.1. The molecule has 0 radical (unpaired) electrons. The maximum Gasteiger partial charge on any atom is 0.262 e. The van der Waals surface area contributed by atoms with Gasteiger partial charge in [0, 0.05) is 0 Å². The molecule has 0 unspecified atom stereocenters. The molecular weight excluding hydrogens is 1050 g/mol. The average molecular weight is 1120 g/mol. The number of fused-ring (bicyclic) bond motifs is 1. The molecule has 2 amide bonds. The number of hydrogen-bond donors (Lipinski definition) is 0. The van der Waals surface area contributed by atoms with E-state index in [0.717, 1.165) is 33.4 Å². The minimum absolute atomic E-state index is 0.0332. The van der Waals surface area contributed by atoms with Gasteiger partial charge in [-0.25, -0.2) is 0 Å². The number of carbonyl (C=O) groups is 2. The van der Waals surface area contributed by atoms with E-state index in [4.69, 9.17) is 52.1 Å². The summed E-state index contributed by atoms with van der Waals surface area (Å²) in [6.07, 6.45) is -9.53. The first-order valence-corrected chi connectivity index (χ1v) is 28.0. The van der Waals surface area contributed by atoms with Gasteiger partial charge < -0.3 is 52.1 Å². The van der Waals surface area contributed by atoms with Crippen LogP contribution < -0.4 is 9.47 Å². The van der Waals surface area contributed by atoms with Crippen molar-refractivity contribution in [3.05, 3.63) is 275 Å². The Kier molecular flexibility index (Phi) is 19.5. The van der Waals surface area contributed by atoms with Gasteiger partial charge >= 0.3 is 0 Å². The van der Waals surface area contributed by atoms with Crippen LogP contribution >= 0.6 is 0 Å². The van der Waals surface area contributed by atoms with Gasteiger partial charge in [-0.3, -0.25) is 14.5 Å². The Morgan fingerprint density at radius 2 is 0.711 bits per heavy atom. The summed E-state index contributed by atoms with van der Waals surface area (Å²) in [5, 5.41) is 0. The second kappa shape index (κ2) is 28.4. The highest BCUT2D eigenvalue weighted by atomic mass is 16.8. The Morgan fingerprint density at radius 1 is 0.361 bits per heavy atom. The first-order valence-electron chi connectivity index (χ1n) is 28.0. The molecule has 0 spiro atoms. The van der Waals surface area contributed by atoms with Crippen LogP contribution in [0.2, 0.25) is 0 Å². The molecule has 3 aliphatic rings. The van der Waals surface area contributed by atoms with E-state index in [1.807, 2.05) is 182 Å². The summed E-state index contributed by atoms with van der Waals surface area (Å²) in [7, 11) is 1.58. The molecule has 14 heteroatoms. The van der Waals surface area contributed by atoms with Crippen molar-refractivity contribution in [1.29, 1.82) is 0 Å². The molecule has 0 saturated carbocycles. The number of amides is 2. The zero-order valence-corrected chi connectivity index (χ0v) is 46.1. The third-order valence-electron chi connectivity index (χ3n) is 14.9. The Morgan fingerprint density at radius 3 is 1.14 bits per heavy atom. The highest BCUT2D eigenvalue weighted by Gasteiger charge is 2.58. The summed E-state index contributed by atoms with van der Waals surface area (Å²) < 4.78 is 76.1. The fourth-order valence-corrected chi connectivity index (χ4v) is 10.7. The van der Waals surface area contributed by atoms with Crippen LogP contribution in [0, 0.1) is 0 Å². The van der Waals surface area contributed by atoms with E-state index in [1.165, 1.54) is 4.90 Å². The number of benzene rings is 8. The lowest BCUT2D eigenvalue weighted by atomic mass is 9.93. The molecule has 3 heterocycles. The largest absolute Gasteiger partial charge is 0.497 e. The van der Waals surface area contributed by atoms with E-state index < -0.39 is 73.2 Å². The van der Waals surface area contributed by atoms with Gasteiger partial charge in [-0.1, -0.05) is 194 Å². The van der Waals surface area contributed by atoms with Gasteiger partial charge in [0.2, 0.25) is 6.29 Å². The van der Waals surface area contributed by atoms with Crippen LogP contribution in [0.3, 0.4) is 0 Å². The molecule has 10 atom stereocenters. The van der Waals surface area contributed by atoms with Crippen molar-refractivity contribution in [2.24, 2.45) is 0 Å². The number of hydrogen-bond acceptors (Lipinski definition) is 13. The van der Waals surface area contributed by atoms with Gasteiger partial charge in [-0.15, -0.1) is 0 Å². The quantitative estimate of drug-likeness (QED) is 0.0476. The summed E-state index contributed by atoms with van der Waals surface area (Å²) in [5.74, 6) is -0.113. The molecule has 426 valence electrons. The predicted octanol–water partition coefficient (Wildman–Crippen LogP) is 11.3. The van der Waals surface area contributed by atoms with Gasteiger partial charge in [0.25, 0.3) is 11.8 Å². The van der Waals surface area contributed by atoms with Crippen molar-refractivity contribution in [3.8, 4) is 11.5 Å². The van der Waals surface area contributed by atoms with Crippen molar-refractivity contribution >= 4 is 11.8 Å². The highest BCUT2D eigenvalue weighted by Crippen LogP contribution is 2.40. The molecule has 0 N–H and O–H groups in total. The van der Waals surface area contributed by atoms with Crippen molar-refractivity contribution in [2.45, 2.75) is 101 Å². The summed E-state index contributed by atoms with van der Waals surface area (Å²) >= 11 is 0. The number of methoxy groups -OCH3 is 1. The SMILES string of the molecule is COc1ccc(O[C@@H]2O[C@H](COCc3ccccc3)[C@@H](O[C@@H]3O[C@H](COCc4ccccc4)[C@H](OCc4ccccc4)[C@H](OCc4ccccc4)[C@H]3OCc3ccccc3)[C@H](OCc3ccccc3)[C@H]2N2C(=O)c3ccccc3C2=O)cc1. The number of nitrogens with zero attached hydrogens (tertiary/aromatic N) is 1. The monoisotopic (exact) mass is 1120 g/mol. The number of carbonyl (C=O) groups excluding carboxylic acids is 2. The Balaban J connectivity index is 1.04. The first kappa shape index (κ1) is 57.0. The molecular formula is C69H67NO13. The third-order valence-corrected chi connectivity index (χ3v) is 14.9. The average Bonchev–Trinajstić information content (AvgIpc) is 3.69. The smallest absolute Gasteiger partial charge is 0.262 e. The van der Waals surface area contributed by atoms with Crippen LogP contribution in [0.5, 0.6) is 11.5 Å². The molecule has 11 rings (SSSR count). The summed E-state index contributed by atoms with van der Waals surface area (Å²) in [4.78, 5) is 31.3. The van der Waals surface area contributed by atoms with Crippen molar-refractivity contribution < 1.29 is 61.7 Å². The molecule has 0 aliphatic carbocycles. The molecule has 0 bridgehead atoms.